The molecule has 0 aliphatic heterocycles. The zero-order valence-electron chi connectivity index (χ0n) is 7.69. The summed E-state index contributed by atoms with van der Waals surface area (Å²) < 4.78 is 0. The normalized spacial score (nSPS) is 11.3. The second kappa shape index (κ2) is 7.10. The fourth-order valence-corrected chi connectivity index (χ4v) is 0.968. The van der Waals surface area contributed by atoms with Crippen molar-refractivity contribution in [2.45, 2.75) is 25.8 Å². The van der Waals surface area contributed by atoms with Gasteiger partial charge in [0.1, 0.15) is 0 Å². The highest BCUT2D eigenvalue weighted by Gasteiger charge is 2.11. The summed E-state index contributed by atoms with van der Waals surface area (Å²) in [5.41, 5.74) is 0. The molecule has 0 spiro atoms. The summed E-state index contributed by atoms with van der Waals surface area (Å²) in [4.78, 5) is 1.84. The molecular weight excluding hydrogens is 164 g/mol. The summed E-state index contributed by atoms with van der Waals surface area (Å²) >= 11 is 0. The van der Waals surface area contributed by atoms with Crippen LogP contribution in [0.5, 0.6) is 0 Å². The first-order valence-corrected chi connectivity index (χ1v) is 4.13. The third-order valence-corrected chi connectivity index (χ3v) is 1.76. The maximum atomic E-state index is 8.65. The Balaban J connectivity index is 3.99. The largest absolute Gasteiger partial charge is 0.286 e. The van der Waals surface area contributed by atoms with Gasteiger partial charge in [0.25, 0.3) is 0 Å². The van der Waals surface area contributed by atoms with Crippen molar-refractivity contribution in [3.63, 3.8) is 0 Å². The predicted octanol–water partition coefficient (Wildman–Crippen LogP) is 1.03. The smallest absolute Gasteiger partial charge is 0.0950 e. The van der Waals surface area contributed by atoms with Gasteiger partial charge in [-0.25, -0.2) is 0 Å². The van der Waals surface area contributed by atoms with E-state index in [0.29, 0.717) is 25.9 Å². The van der Waals surface area contributed by atoms with E-state index in [1.54, 1.807) is 6.92 Å². The molecule has 0 aromatic rings. The highest BCUT2D eigenvalue weighted by atomic mass is 15.1. The molecule has 0 aromatic carbocycles. The van der Waals surface area contributed by atoms with Crippen molar-refractivity contribution in [3.05, 3.63) is 0 Å². The van der Waals surface area contributed by atoms with E-state index in [0.717, 1.165) is 0 Å². The van der Waals surface area contributed by atoms with Crippen LogP contribution in [0.15, 0.2) is 0 Å². The number of hydrogen-bond donors (Lipinski definition) is 0. The Morgan fingerprint density at radius 2 is 1.54 bits per heavy atom. The quantitative estimate of drug-likeness (QED) is 0.627. The monoisotopic (exact) mass is 176 g/mol. The highest BCUT2D eigenvalue weighted by molar-refractivity contribution is 4.90. The van der Waals surface area contributed by atoms with Crippen LogP contribution in [-0.4, -0.2) is 24.0 Å². The molecule has 68 valence electrons. The number of rotatable bonds is 5. The Labute approximate surface area is 78.6 Å². The first-order chi connectivity index (χ1) is 6.26. The van der Waals surface area contributed by atoms with Gasteiger partial charge >= 0.3 is 0 Å². The van der Waals surface area contributed by atoms with Crippen molar-refractivity contribution < 1.29 is 0 Å². The molecule has 4 heteroatoms. The van der Waals surface area contributed by atoms with Crippen LogP contribution in [0.1, 0.15) is 19.8 Å². The first-order valence-electron chi connectivity index (χ1n) is 4.13. The molecule has 0 aromatic heterocycles. The maximum Gasteiger partial charge on any atom is 0.0950 e. The molecule has 0 heterocycles. The van der Waals surface area contributed by atoms with Gasteiger partial charge in [0.05, 0.1) is 24.2 Å². The van der Waals surface area contributed by atoms with Gasteiger partial charge in [0.2, 0.25) is 0 Å². The van der Waals surface area contributed by atoms with Crippen molar-refractivity contribution in [2.24, 2.45) is 0 Å². The Morgan fingerprint density at radius 3 is 1.85 bits per heavy atom. The van der Waals surface area contributed by atoms with Gasteiger partial charge in [-0.3, -0.25) is 4.90 Å². The van der Waals surface area contributed by atoms with Gasteiger partial charge < -0.3 is 0 Å². The van der Waals surface area contributed by atoms with Crippen LogP contribution < -0.4 is 0 Å². The lowest BCUT2D eigenvalue weighted by Gasteiger charge is -2.21. The van der Waals surface area contributed by atoms with E-state index in [2.05, 4.69) is 6.07 Å². The zero-order chi connectivity index (χ0) is 10.1. The van der Waals surface area contributed by atoms with Crippen LogP contribution in [0.3, 0.4) is 0 Å². The standard InChI is InChI=1S/C9H12N4/c1-9(8-12)13(6-2-4-10)7-3-5-11/h9H,2-3,6-7H2,1H3. The molecule has 1 atom stereocenters. The van der Waals surface area contributed by atoms with E-state index >= 15 is 0 Å². The summed E-state index contributed by atoms with van der Waals surface area (Å²) in [7, 11) is 0. The Bertz CT molecular complexity index is 234. The van der Waals surface area contributed by atoms with Gasteiger partial charge in [0.15, 0.2) is 0 Å². The van der Waals surface area contributed by atoms with E-state index in [1.807, 2.05) is 17.0 Å². The third-order valence-electron chi connectivity index (χ3n) is 1.76. The van der Waals surface area contributed by atoms with E-state index in [1.165, 1.54) is 0 Å². The third kappa shape index (κ3) is 4.80. The first kappa shape index (κ1) is 11.4. The lowest BCUT2D eigenvalue weighted by Crippen LogP contribution is -2.33. The molecule has 0 rings (SSSR count). The van der Waals surface area contributed by atoms with Gasteiger partial charge in [-0.2, -0.15) is 15.8 Å². The van der Waals surface area contributed by atoms with Gasteiger partial charge in [-0.15, -0.1) is 0 Å². The van der Waals surface area contributed by atoms with Gasteiger partial charge in [-0.05, 0) is 6.92 Å². The number of nitriles is 3. The molecule has 1 unspecified atom stereocenters. The van der Waals surface area contributed by atoms with Crippen LogP contribution in [0, 0.1) is 34.0 Å². The van der Waals surface area contributed by atoms with Crippen molar-refractivity contribution in [3.8, 4) is 18.2 Å². The van der Waals surface area contributed by atoms with Crippen LogP contribution in [0.2, 0.25) is 0 Å². The number of hydrogen-bond acceptors (Lipinski definition) is 4. The molecule has 0 N–H and O–H groups in total. The van der Waals surface area contributed by atoms with Crippen molar-refractivity contribution in [1.82, 2.24) is 4.90 Å². The van der Waals surface area contributed by atoms with Crippen LogP contribution in [0.4, 0.5) is 0 Å². The lowest BCUT2D eigenvalue weighted by atomic mass is 10.2. The van der Waals surface area contributed by atoms with Crippen molar-refractivity contribution in [1.29, 1.82) is 15.8 Å². The fraction of sp³-hybridized carbons (Fsp3) is 0.667. The average molecular weight is 176 g/mol. The molecule has 0 aliphatic rings. The molecule has 0 fully saturated rings. The van der Waals surface area contributed by atoms with Crippen molar-refractivity contribution >= 4 is 0 Å². The minimum atomic E-state index is -0.221. The van der Waals surface area contributed by atoms with E-state index in [4.69, 9.17) is 15.8 Å². The second-order valence-electron chi connectivity index (χ2n) is 2.66. The van der Waals surface area contributed by atoms with E-state index < -0.39 is 0 Å². The minimum Gasteiger partial charge on any atom is -0.286 e. The molecule has 0 amide bonds. The maximum absolute atomic E-state index is 8.65. The SMILES string of the molecule is CC(C#N)N(CCC#N)CCC#N. The Hall–Kier alpha value is -1.57. The summed E-state index contributed by atoms with van der Waals surface area (Å²) in [6, 6.07) is 5.91. The van der Waals surface area contributed by atoms with Gasteiger partial charge in [-0.1, -0.05) is 0 Å². The number of nitrogens with zero attached hydrogens (tertiary/aromatic N) is 4. The highest BCUT2D eigenvalue weighted by Crippen LogP contribution is 2.00. The molecule has 0 radical (unpaired) electrons. The summed E-state index contributed by atoms with van der Waals surface area (Å²) in [5, 5.41) is 25.4. The minimum absolute atomic E-state index is 0.221. The molecular formula is C9H12N4. The van der Waals surface area contributed by atoms with Crippen LogP contribution in [-0.2, 0) is 0 Å². The second-order valence-corrected chi connectivity index (χ2v) is 2.66. The summed E-state index contributed by atoms with van der Waals surface area (Å²) in [6.45, 7) is 2.90. The predicted molar refractivity (Wildman–Crippen MR) is 47.1 cm³/mol. The van der Waals surface area contributed by atoms with Gasteiger partial charge in [0, 0.05) is 25.9 Å². The summed E-state index contributed by atoms with van der Waals surface area (Å²) in [5.74, 6) is 0. The lowest BCUT2D eigenvalue weighted by molar-refractivity contribution is 0.257. The summed E-state index contributed by atoms with van der Waals surface area (Å²) in [6.07, 6.45) is 0.800. The van der Waals surface area contributed by atoms with Crippen LogP contribution >= 0.6 is 0 Å². The Kier molecular flexibility index (Phi) is 6.24. The zero-order valence-corrected chi connectivity index (χ0v) is 7.69. The molecule has 4 nitrogen and oxygen atoms in total. The fourth-order valence-electron chi connectivity index (χ4n) is 0.968. The molecule has 0 saturated carbocycles. The van der Waals surface area contributed by atoms with Crippen molar-refractivity contribution in [2.75, 3.05) is 13.1 Å². The Morgan fingerprint density at radius 1 is 1.08 bits per heavy atom. The average Bonchev–Trinajstić information content (AvgIpc) is 2.17. The molecule has 0 saturated heterocycles. The molecule has 0 bridgehead atoms. The topological polar surface area (TPSA) is 74.6 Å². The van der Waals surface area contributed by atoms with Crippen LogP contribution in [0.25, 0.3) is 0 Å². The van der Waals surface area contributed by atoms with E-state index in [-0.39, 0.29) is 6.04 Å². The molecule has 0 aliphatic carbocycles. The molecule has 13 heavy (non-hydrogen) atoms. The van der Waals surface area contributed by atoms with E-state index in [9.17, 15) is 0 Å².